The molecule has 1 heterocycles. The molecule has 6 nitrogen and oxygen atoms in total. The Bertz CT molecular complexity index is 492. The highest BCUT2D eigenvalue weighted by atomic mass is 16.5. The number of carbonyl (C=O) groups excluding carboxylic acids is 2. The summed E-state index contributed by atoms with van der Waals surface area (Å²) in [6, 6.07) is 5.07. The Morgan fingerprint density at radius 3 is 2.95 bits per heavy atom. The van der Waals surface area contributed by atoms with Gasteiger partial charge in [0.05, 0.1) is 18.7 Å². The van der Waals surface area contributed by atoms with Crippen LogP contribution >= 0.6 is 0 Å². The van der Waals surface area contributed by atoms with E-state index >= 15 is 0 Å². The van der Waals surface area contributed by atoms with E-state index in [0.717, 1.165) is 0 Å². The van der Waals surface area contributed by atoms with E-state index in [9.17, 15) is 9.59 Å². The number of nitrogens with two attached hydrogens (primary N) is 1. The van der Waals surface area contributed by atoms with Gasteiger partial charge in [-0.3, -0.25) is 9.59 Å². The Morgan fingerprint density at radius 1 is 1.53 bits per heavy atom. The highest BCUT2D eigenvalue weighted by Gasteiger charge is 2.24. The summed E-state index contributed by atoms with van der Waals surface area (Å²) in [7, 11) is 1.52. The van der Waals surface area contributed by atoms with Crippen molar-refractivity contribution in [3.8, 4) is 5.75 Å². The van der Waals surface area contributed by atoms with Crippen LogP contribution in [-0.4, -0.2) is 25.5 Å². The number of ether oxygens (including phenoxy) is 1. The smallest absolute Gasteiger partial charge is 0.229 e. The fourth-order valence-corrected chi connectivity index (χ4v) is 1.99. The van der Waals surface area contributed by atoms with Crippen molar-refractivity contribution in [1.29, 1.82) is 0 Å². The van der Waals surface area contributed by atoms with E-state index in [4.69, 9.17) is 10.5 Å². The van der Waals surface area contributed by atoms with Gasteiger partial charge >= 0.3 is 0 Å². The van der Waals surface area contributed by atoms with Gasteiger partial charge in [0.1, 0.15) is 5.75 Å². The molecule has 1 aromatic rings. The Hall–Kier alpha value is -2.24. The maximum Gasteiger partial charge on any atom is 0.229 e. The molecule has 1 atom stereocenters. The topological polar surface area (TPSA) is 93.4 Å². The van der Waals surface area contributed by atoms with Gasteiger partial charge in [-0.15, -0.1) is 0 Å². The summed E-state index contributed by atoms with van der Waals surface area (Å²) < 4.78 is 5.09. The van der Waals surface area contributed by atoms with Crippen LogP contribution in [-0.2, 0) is 9.59 Å². The molecule has 2 rings (SSSR count). The lowest BCUT2D eigenvalue weighted by atomic mass is 9.98. The maximum absolute atomic E-state index is 12.0. The van der Waals surface area contributed by atoms with E-state index in [1.54, 1.807) is 18.2 Å². The molecule has 0 aromatic heterocycles. The van der Waals surface area contributed by atoms with Crippen LogP contribution in [0, 0.1) is 5.92 Å². The number of rotatable bonds is 3. The molecule has 0 spiro atoms. The first kappa shape index (κ1) is 13.2. The molecule has 1 aliphatic heterocycles. The molecule has 0 bridgehead atoms. The van der Waals surface area contributed by atoms with Crippen LogP contribution in [0.2, 0.25) is 0 Å². The quantitative estimate of drug-likeness (QED) is 0.701. The minimum Gasteiger partial charge on any atom is -0.495 e. The third-order valence-corrected chi connectivity index (χ3v) is 3.14. The largest absolute Gasteiger partial charge is 0.495 e. The normalized spacial score (nSPS) is 18.6. The first-order chi connectivity index (χ1) is 9.10. The number of hydrogen-bond acceptors (Lipinski definition) is 4. The van der Waals surface area contributed by atoms with Gasteiger partial charge < -0.3 is 21.1 Å². The maximum atomic E-state index is 12.0. The fraction of sp³-hybridized carbons (Fsp3) is 0.385. The Balaban J connectivity index is 2.00. The van der Waals surface area contributed by atoms with Crippen molar-refractivity contribution < 1.29 is 14.3 Å². The lowest BCUT2D eigenvalue weighted by Gasteiger charge is -2.21. The highest BCUT2D eigenvalue weighted by molar-refractivity contribution is 5.94. The molecule has 1 aromatic carbocycles. The lowest BCUT2D eigenvalue weighted by Crippen LogP contribution is -2.40. The highest BCUT2D eigenvalue weighted by Crippen LogP contribution is 2.25. The zero-order chi connectivity index (χ0) is 13.8. The zero-order valence-electron chi connectivity index (χ0n) is 10.7. The molecule has 1 unspecified atom stereocenters. The molecule has 0 radical (unpaired) electrons. The van der Waals surface area contributed by atoms with Gasteiger partial charge in [0.2, 0.25) is 11.8 Å². The van der Waals surface area contributed by atoms with E-state index in [2.05, 4.69) is 10.6 Å². The van der Waals surface area contributed by atoms with Gasteiger partial charge in [-0.25, -0.2) is 0 Å². The molecule has 1 fully saturated rings. The first-order valence-corrected chi connectivity index (χ1v) is 6.11. The third-order valence-electron chi connectivity index (χ3n) is 3.14. The average molecular weight is 263 g/mol. The summed E-state index contributed by atoms with van der Waals surface area (Å²) in [4.78, 5) is 23.1. The minimum atomic E-state index is -0.193. The Kier molecular flexibility index (Phi) is 3.89. The number of hydrogen-bond donors (Lipinski definition) is 3. The van der Waals surface area contributed by atoms with Crippen molar-refractivity contribution in [2.24, 2.45) is 5.92 Å². The average Bonchev–Trinajstić information content (AvgIpc) is 2.41. The molecule has 2 amide bonds. The van der Waals surface area contributed by atoms with Gasteiger partial charge in [0, 0.05) is 24.7 Å². The number of nitrogens with one attached hydrogen (secondary N) is 2. The second kappa shape index (κ2) is 5.60. The summed E-state index contributed by atoms with van der Waals surface area (Å²) in [6.07, 6.45) is 0.965. The third kappa shape index (κ3) is 3.15. The molecule has 19 heavy (non-hydrogen) atoms. The number of amides is 2. The fourth-order valence-electron chi connectivity index (χ4n) is 1.99. The van der Waals surface area contributed by atoms with Crippen molar-refractivity contribution in [1.82, 2.24) is 5.32 Å². The van der Waals surface area contributed by atoms with Gasteiger partial charge in [0.25, 0.3) is 0 Å². The summed E-state index contributed by atoms with van der Waals surface area (Å²) in [5, 5.41) is 5.49. The molecular formula is C13H17N3O3. The molecule has 4 N–H and O–H groups in total. The van der Waals surface area contributed by atoms with Gasteiger partial charge in [-0.2, -0.15) is 0 Å². The van der Waals surface area contributed by atoms with Gasteiger partial charge in [-0.1, -0.05) is 0 Å². The predicted molar refractivity (Wildman–Crippen MR) is 71.8 cm³/mol. The molecule has 102 valence electrons. The summed E-state index contributed by atoms with van der Waals surface area (Å²) in [5.74, 6) is 0.223. The standard InChI is InChI=1S/C13H17N3O3/c1-19-11-6-9(3-4-10(11)14)16-13(18)8-2-5-12(17)15-7-8/h3-4,6,8H,2,5,7,14H2,1H3,(H,15,17)(H,16,18). The van der Waals surface area contributed by atoms with Crippen molar-refractivity contribution >= 4 is 23.2 Å². The minimum absolute atomic E-state index is 0.00166. The first-order valence-electron chi connectivity index (χ1n) is 6.11. The SMILES string of the molecule is COc1cc(NC(=O)C2CCC(=O)NC2)ccc1N. The van der Waals surface area contributed by atoms with Crippen molar-refractivity contribution in [3.05, 3.63) is 18.2 Å². The number of anilines is 2. The number of methoxy groups -OCH3 is 1. The number of benzene rings is 1. The molecule has 0 saturated carbocycles. The van der Waals surface area contributed by atoms with Crippen LogP contribution in [0.3, 0.4) is 0 Å². The van der Waals surface area contributed by atoms with Crippen molar-refractivity contribution in [3.63, 3.8) is 0 Å². The monoisotopic (exact) mass is 263 g/mol. The second-order valence-electron chi connectivity index (χ2n) is 4.49. The van der Waals surface area contributed by atoms with Gasteiger partial charge in [0.15, 0.2) is 0 Å². The molecule has 0 aliphatic carbocycles. The Morgan fingerprint density at radius 2 is 2.32 bits per heavy atom. The number of piperidine rings is 1. The lowest BCUT2D eigenvalue weighted by molar-refractivity contribution is -0.126. The molecule has 6 heteroatoms. The van der Waals surface area contributed by atoms with E-state index < -0.39 is 0 Å². The van der Waals surface area contributed by atoms with E-state index in [-0.39, 0.29) is 17.7 Å². The molecule has 1 saturated heterocycles. The second-order valence-corrected chi connectivity index (χ2v) is 4.49. The summed E-state index contributed by atoms with van der Waals surface area (Å²) in [5.41, 5.74) is 6.85. The van der Waals surface area contributed by atoms with Gasteiger partial charge in [-0.05, 0) is 18.6 Å². The number of carbonyl (C=O) groups is 2. The van der Waals surface area contributed by atoms with Crippen LogP contribution in [0.25, 0.3) is 0 Å². The van der Waals surface area contributed by atoms with E-state index in [1.165, 1.54) is 7.11 Å². The predicted octanol–water partition coefficient (Wildman–Crippen LogP) is 0.742. The van der Waals surface area contributed by atoms with Crippen LogP contribution in [0.4, 0.5) is 11.4 Å². The Labute approximate surface area is 111 Å². The van der Waals surface area contributed by atoms with Crippen molar-refractivity contribution in [2.45, 2.75) is 12.8 Å². The van der Waals surface area contributed by atoms with Crippen LogP contribution in [0.5, 0.6) is 5.75 Å². The van der Waals surface area contributed by atoms with Crippen LogP contribution in [0.1, 0.15) is 12.8 Å². The van der Waals surface area contributed by atoms with E-state index in [0.29, 0.717) is 36.5 Å². The van der Waals surface area contributed by atoms with Crippen LogP contribution < -0.4 is 21.1 Å². The van der Waals surface area contributed by atoms with Crippen LogP contribution in [0.15, 0.2) is 18.2 Å². The summed E-state index contributed by atoms with van der Waals surface area (Å²) in [6.45, 7) is 0.386. The zero-order valence-corrected chi connectivity index (χ0v) is 10.7. The van der Waals surface area contributed by atoms with E-state index in [1.807, 2.05) is 0 Å². The molecule has 1 aliphatic rings. The number of nitrogen functional groups attached to an aromatic ring is 1. The molecular weight excluding hydrogens is 246 g/mol. The summed E-state index contributed by atoms with van der Waals surface area (Å²) >= 11 is 0. The van der Waals surface area contributed by atoms with Crippen molar-refractivity contribution in [2.75, 3.05) is 24.7 Å².